The van der Waals surface area contributed by atoms with E-state index < -0.39 is 14.3 Å². The Kier molecular flexibility index (Phi) is 6.36. The van der Waals surface area contributed by atoms with Crippen molar-refractivity contribution in [2.45, 2.75) is 0 Å². The second kappa shape index (κ2) is 10.2. The maximum Gasteiger partial charge on any atom is 0.174 e. The average molecular weight is 569 g/mol. The molecule has 1 aromatic heterocycles. The van der Waals surface area contributed by atoms with Crippen LogP contribution in [0.15, 0.2) is 162 Å². The van der Waals surface area contributed by atoms with E-state index in [1.807, 2.05) is 158 Å². The van der Waals surface area contributed by atoms with Gasteiger partial charge in [0.1, 0.15) is 11.2 Å². The third-order valence-corrected chi connectivity index (χ3v) is 13.8. The Morgan fingerprint density at radius 3 is 0.927 bits per heavy atom. The molecule has 5 heteroatoms. The first-order chi connectivity index (χ1) is 20.1. The van der Waals surface area contributed by atoms with E-state index >= 15 is 9.13 Å². The fraction of sp³-hybridized carbons (Fsp3) is 0. The lowest BCUT2D eigenvalue weighted by molar-refractivity contribution is 0.592. The van der Waals surface area contributed by atoms with Gasteiger partial charge < -0.3 is 13.5 Å². The van der Waals surface area contributed by atoms with Crippen LogP contribution in [0.3, 0.4) is 0 Å². The predicted molar refractivity (Wildman–Crippen MR) is 173 cm³/mol. The summed E-state index contributed by atoms with van der Waals surface area (Å²) in [5.41, 5.74) is 1.11. The van der Waals surface area contributed by atoms with Gasteiger partial charge in [-0.3, -0.25) is 0 Å². The van der Waals surface area contributed by atoms with Gasteiger partial charge in [-0.1, -0.05) is 146 Å². The third kappa shape index (κ3) is 4.05. The largest absolute Gasteiger partial charge is 0.454 e. The van der Waals surface area contributed by atoms with Gasteiger partial charge in [0.15, 0.2) is 14.3 Å². The van der Waals surface area contributed by atoms with Crippen molar-refractivity contribution in [2.75, 3.05) is 0 Å². The van der Waals surface area contributed by atoms with Crippen LogP contribution in [0.25, 0.3) is 21.9 Å². The van der Waals surface area contributed by atoms with Crippen molar-refractivity contribution in [3.05, 3.63) is 158 Å². The second-order valence-electron chi connectivity index (χ2n) is 9.97. The van der Waals surface area contributed by atoms with Crippen molar-refractivity contribution in [3.8, 4) is 0 Å². The van der Waals surface area contributed by atoms with Crippen molar-refractivity contribution >= 4 is 68.0 Å². The minimum absolute atomic E-state index is 0.554. The molecule has 0 fully saturated rings. The van der Waals surface area contributed by atoms with Gasteiger partial charge in [-0.05, 0) is 12.1 Å². The van der Waals surface area contributed by atoms with Gasteiger partial charge in [0.25, 0.3) is 0 Å². The molecule has 0 amide bonds. The Morgan fingerprint density at radius 2 is 0.634 bits per heavy atom. The molecule has 41 heavy (non-hydrogen) atoms. The van der Waals surface area contributed by atoms with E-state index in [0.29, 0.717) is 21.8 Å². The SMILES string of the molecule is O=P(c1ccccc1)(c1ccccc1)c1cccc2c1oc1c(P(=O)(c3ccccc3)c3ccccc3)cccc12. The summed E-state index contributed by atoms with van der Waals surface area (Å²) >= 11 is 0. The summed E-state index contributed by atoms with van der Waals surface area (Å²) in [6.45, 7) is 0. The predicted octanol–water partition coefficient (Wildman–Crippen LogP) is 6.86. The molecule has 0 N–H and O–H groups in total. The molecular weight excluding hydrogens is 542 g/mol. The second-order valence-corrected chi connectivity index (χ2v) is 15.4. The molecule has 0 aliphatic carbocycles. The normalized spacial score (nSPS) is 12.1. The highest BCUT2D eigenvalue weighted by Gasteiger charge is 2.36. The van der Waals surface area contributed by atoms with Gasteiger partial charge >= 0.3 is 0 Å². The maximum atomic E-state index is 15.3. The number of benzene rings is 6. The first-order valence-corrected chi connectivity index (χ1v) is 16.9. The molecule has 0 aliphatic rings. The van der Waals surface area contributed by atoms with Gasteiger partial charge in [-0.25, -0.2) is 0 Å². The molecule has 0 saturated carbocycles. The summed E-state index contributed by atoms with van der Waals surface area (Å²) in [5, 5.41) is 5.89. The van der Waals surface area contributed by atoms with Crippen LogP contribution in [0, 0.1) is 0 Å². The zero-order valence-corrected chi connectivity index (χ0v) is 23.9. The minimum atomic E-state index is -3.31. The molecule has 7 aromatic rings. The van der Waals surface area contributed by atoms with E-state index in [4.69, 9.17) is 4.42 Å². The number of hydrogen-bond donors (Lipinski definition) is 0. The maximum absolute atomic E-state index is 15.3. The Labute approximate surface area is 238 Å². The smallest absolute Gasteiger partial charge is 0.174 e. The van der Waals surface area contributed by atoms with Crippen molar-refractivity contribution in [2.24, 2.45) is 0 Å². The van der Waals surface area contributed by atoms with Crippen LogP contribution in [0.4, 0.5) is 0 Å². The lowest BCUT2D eigenvalue weighted by Crippen LogP contribution is -2.25. The standard InChI is InChI=1S/C36H26O3P2/c37-40(27-15-5-1-6-16-27,28-17-7-2-8-18-28)33-25-13-23-31-32-24-14-26-34(36(32)39-35(31)33)41(38,29-19-9-3-10-20-29)30-21-11-4-12-22-30/h1-26H. The van der Waals surface area contributed by atoms with E-state index in [-0.39, 0.29) is 0 Å². The Bertz CT molecular complexity index is 1850. The lowest BCUT2D eigenvalue weighted by Gasteiger charge is -2.20. The van der Waals surface area contributed by atoms with Crippen LogP contribution in [0.1, 0.15) is 0 Å². The average Bonchev–Trinajstić information content (AvgIpc) is 3.45. The highest BCUT2D eigenvalue weighted by molar-refractivity contribution is 7.86. The number of para-hydroxylation sites is 2. The fourth-order valence-electron chi connectivity index (χ4n) is 5.69. The molecule has 1 heterocycles. The molecule has 198 valence electrons. The van der Waals surface area contributed by atoms with Crippen molar-refractivity contribution in [3.63, 3.8) is 0 Å². The van der Waals surface area contributed by atoms with E-state index in [1.54, 1.807) is 0 Å². The van der Waals surface area contributed by atoms with Crippen molar-refractivity contribution < 1.29 is 13.5 Å². The Morgan fingerprint density at radius 1 is 0.341 bits per heavy atom. The summed E-state index contributed by atoms with van der Waals surface area (Å²) in [6.07, 6.45) is 0. The molecular formula is C36H26O3P2. The van der Waals surface area contributed by atoms with Crippen LogP contribution < -0.4 is 31.8 Å². The number of fused-ring (bicyclic) bond motifs is 3. The number of rotatable bonds is 6. The molecule has 7 rings (SSSR count). The van der Waals surface area contributed by atoms with Crippen molar-refractivity contribution in [1.82, 2.24) is 0 Å². The first kappa shape index (κ1) is 25.5. The van der Waals surface area contributed by atoms with Gasteiger partial charge in [0.2, 0.25) is 0 Å². The van der Waals surface area contributed by atoms with Crippen molar-refractivity contribution in [1.29, 1.82) is 0 Å². The summed E-state index contributed by atoms with van der Waals surface area (Å²) in [7, 11) is -6.62. The molecule has 3 nitrogen and oxygen atoms in total. The summed E-state index contributed by atoms with van der Waals surface area (Å²) in [4.78, 5) is 0. The van der Waals surface area contributed by atoms with E-state index in [1.165, 1.54) is 0 Å². The van der Waals surface area contributed by atoms with Crippen LogP contribution in [0.2, 0.25) is 0 Å². The molecule has 0 aliphatic heterocycles. The zero-order chi connectivity index (χ0) is 27.9. The van der Waals surface area contributed by atoms with Gasteiger partial charge in [-0.15, -0.1) is 0 Å². The van der Waals surface area contributed by atoms with E-state index in [9.17, 15) is 0 Å². The highest BCUT2D eigenvalue weighted by Crippen LogP contribution is 2.48. The Balaban J connectivity index is 1.56. The van der Waals surface area contributed by atoms with Gasteiger partial charge in [0, 0.05) is 32.0 Å². The van der Waals surface area contributed by atoms with Crippen LogP contribution >= 0.6 is 14.3 Å². The van der Waals surface area contributed by atoms with E-state index in [2.05, 4.69) is 0 Å². The summed E-state index contributed by atoms with van der Waals surface area (Å²) in [6, 6.07) is 50.0. The fourth-order valence-corrected chi connectivity index (χ4v) is 11.3. The van der Waals surface area contributed by atoms with Gasteiger partial charge in [-0.2, -0.15) is 0 Å². The molecule has 0 spiro atoms. The topological polar surface area (TPSA) is 47.3 Å². The molecule has 0 bridgehead atoms. The number of hydrogen-bond acceptors (Lipinski definition) is 3. The summed E-state index contributed by atoms with van der Waals surface area (Å²) in [5.74, 6) is 0. The number of furan rings is 1. The van der Waals surface area contributed by atoms with Crippen LogP contribution in [-0.4, -0.2) is 0 Å². The lowest BCUT2D eigenvalue weighted by atomic mass is 10.1. The quantitative estimate of drug-likeness (QED) is 0.206. The molecule has 0 unspecified atom stereocenters. The summed E-state index contributed by atoms with van der Waals surface area (Å²) < 4.78 is 37.4. The minimum Gasteiger partial charge on any atom is -0.454 e. The molecule has 0 saturated heterocycles. The molecule has 6 aromatic carbocycles. The highest BCUT2D eigenvalue weighted by atomic mass is 31.2. The third-order valence-electron chi connectivity index (χ3n) is 7.64. The van der Waals surface area contributed by atoms with E-state index in [0.717, 1.165) is 32.0 Å². The molecule has 0 radical (unpaired) electrons. The Hall–Kier alpha value is -4.42. The van der Waals surface area contributed by atoms with Crippen LogP contribution in [0.5, 0.6) is 0 Å². The zero-order valence-electron chi connectivity index (χ0n) is 22.1. The monoisotopic (exact) mass is 568 g/mol. The van der Waals surface area contributed by atoms with Crippen LogP contribution in [-0.2, 0) is 9.13 Å². The van der Waals surface area contributed by atoms with Gasteiger partial charge in [0.05, 0.1) is 10.6 Å². The molecule has 0 atom stereocenters. The first-order valence-electron chi connectivity index (χ1n) is 13.5.